The molecule has 5 nitrogen and oxygen atoms in total. The molecule has 0 saturated carbocycles. The lowest BCUT2D eigenvalue weighted by Crippen LogP contribution is -2.05. The van der Waals surface area contributed by atoms with Gasteiger partial charge in [0.15, 0.2) is 0 Å². The Labute approximate surface area is 134 Å². The van der Waals surface area contributed by atoms with Gasteiger partial charge in [-0.05, 0) is 48.5 Å². The third kappa shape index (κ3) is 2.93. The molecule has 0 atom stereocenters. The number of benzene rings is 1. The van der Waals surface area contributed by atoms with E-state index in [0.29, 0.717) is 17.1 Å². The van der Waals surface area contributed by atoms with Crippen LogP contribution >= 0.6 is 0 Å². The zero-order valence-corrected chi connectivity index (χ0v) is 13.2. The summed E-state index contributed by atoms with van der Waals surface area (Å²) in [6, 6.07) is 14.7. The van der Waals surface area contributed by atoms with E-state index in [1.54, 1.807) is 48.8 Å². The number of nitrogens with zero attached hydrogens (tertiary/aromatic N) is 2. The van der Waals surface area contributed by atoms with Crippen LogP contribution in [0.1, 0.15) is 0 Å². The normalized spacial score (nSPS) is 11.2. The number of aromatic nitrogens is 2. The van der Waals surface area contributed by atoms with Crippen LogP contribution in [0.4, 0.5) is 0 Å². The van der Waals surface area contributed by atoms with Gasteiger partial charge in [0, 0.05) is 12.4 Å². The Morgan fingerprint density at radius 1 is 0.870 bits per heavy atom. The van der Waals surface area contributed by atoms with Gasteiger partial charge in [-0.3, -0.25) is 9.97 Å². The van der Waals surface area contributed by atoms with E-state index >= 15 is 0 Å². The Morgan fingerprint density at radius 3 is 2.26 bits per heavy atom. The SMILES string of the molecule is COc1ccc(S(=O)(=O)c2cccnc2-c2ccccn2)cc1. The van der Waals surface area contributed by atoms with E-state index < -0.39 is 9.84 Å². The first-order valence-electron chi connectivity index (χ1n) is 6.88. The molecule has 2 aromatic heterocycles. The number of rotatable bonds is 4. The van der Waals surface area contributed by atoms with E-state index in [9.17, 15) is 8.42 Å². The lowest BCUT2D eigenvalue weighted by Gasteiger charge is -2.09. The smallest absolute Gasteiger partial charge is 0.208 e. The van der Waals surface area contributed by atoms with Crippen LogP contribution in [0.2, 0.25) is 0 Å². The number of sulfone groups is 1. The van der Waals surface area contributed by atoms with Crippen LogP contribution in [0.3, 0.4) is 0 Å². The molecule has 116 valence electrons. The standard InChI is InChI=1S/C17H14N2O3S/c1-22-13-7-9-14(10-8-13)23(20,21)16-6-4-12-19-17(16)15-5-2-3-11-18-15/h2-12H,1H3. The minimum Gasteiger partial charge on any atom is -0.497 e. The van der Waals surface area contributed by atoms with Gasteiger partial charge in [-0.25, -0.2) is 8.42 Å². The van der Waals surface area contributed by atoms with Crippen LogP contribution < -0.4 is 4.74 Å². The molecular weight excluding hydrogens is 312 g/mol. The topological polar surface area (TPSA) is 69.2 Å². The number of pyridine rings is 2. The molecule has 0 aliphatic heterocycles. The van der Waals surface area contributed by atoms with Crippen LogP contribution in [0.5, 0.6) is 5.75 Å². The minimum absolute atomic E-state index is 0.129. The van der Waals surface area contributed by atoms with Crippen molar-refractivity contribution in [1.29, 1.82) is 0 Å². The largest absolute Gasteiger partial charge is 0.497 e. The van der Waals surface area contributed by atoms with Crippen molar-refractivity contribution in [3.8, 4) is 17.1 Å². The summed E-state index contributed by atoms with van der Waals surface area (Å²) in [6.07, 6.45) is 3.16. The van der Waals surface area contributed by atoms with Gasteiger partial charge in [0.25, 0.3) is 0 Å². The summed E-state index contributed by atoms with van der Waals surface area (Å²) >= 11 is 0. The van der Waals surface area contributed by atoms with Crippen molar-refractivity contribution in [2.45, 2.75) is 9.79 Å². The molecule has 0 spiro atoms. The van der Waals surface area contributed by atoms with Crippen LogP contribution in [0.25, 0.3) is 11.4 Å². The van der Waals surface area contributed by atoms with Gasteiger partial charge in [0.2, 0.25) is 9.84 Å². The van der Waals surface area contributed by atoms with Gasteiger partial charge in [0.1, 0.15) is 11.4 Å². The zero-order chi connectivity index (χ0) is 16.3. The van der Waals surface area contributed by atoms with E-state index in [1.165, 1.54) is 25.3 Å². The summed E-state index contributed by atoms with van der Waals surface area (Å²) in [5, 5.41) is 0. The molecule has 2 heterocycles. The average molecular weight is 326 g/mol. The molecule has 0 fully saturated rings. The maximum absolute atomic E-state index is 12.9. The van der Waals surface area contributed by atoms with Crippen LogP contribution in [0.15, 0.2) is 76.8 Å². The molecule has 0 unspecified atom stereocenters. The Balaban J connectivity index is 2.14. The van der Waals surface area contributed by atoms with Crippen molar-refractivity contribution in [2.75, 3.05) is 7.11 Å². The maximum Gasteiger partial charge on any atom is 0.208 e. The van der Waals surface area contributed by atoms with E-state index in [2.05, 4.69) is 9.97 Å². The van der Waals surface area contributed by atoms with E-state index in [4.69, 9.17) is 4.74 Å². The molecule has 0 aliphatic rings. The summed E-state index contributed by atoms with van der Waals surface area (Å²) in [5.41, 5.74) is 0.851. The highest BCUT2D eigenvalue weighted by molar-refractivity contribution is 7.91. The highest BCUT2D eigenvalue weighted by atomic mass is 32.2. The molecule has 3 rings (SSSR count). The Hall–Kier alpha value is -2.73. The molecule has 6 heteroatoms. The van der Waals surface area contributed by atoms with E-state index in [1.807, 2.05) is 0 Å². The van der Waals surface area contributed by atoms with Crippen LogP contribution in [0, 0.1) is 0 Å². The van der Waals surface area contributed by atoms with E-state index in [-0.39, 0.29) is 9.79 Å². The molecule has 0 aliphatic carbocycles. The molecule has 23 heavy (non-hydrogen) atoms. The monoisotopic (exact) mass is 326 g/mol. The van der Waals surface area contributed by atoms with Crippen molar-refractivity contribution in [2.24, 2.45) is 0 Å². The Bertz CT molecular complexity index is 908. The molecule has 0 N–H and O–H groups in total. The van der Waals surface area contributed by atoms with Crippen molar-refractivity contribution >= 4 is 9.84 Å². The third-order valence-corrected chi connectivity index (χ3v) is 5.14. The second-order valence-electron chi connectivity index (χ2n) is 4.74. The lowest BCUT2D eigenvalue weighted by molar-refractivity contribution is 0.414. The molecule has 0 bridgehead atoms. The fraction of sp³-hybridized carbons (Fsp3) is 0.0588. The molecule has 0 saturated heterocycles. The highest BCUT2D eigenvalue weighted by Gasteiger charge is 2.23. The van der Waals surface area contributed by atoms with Gasteiger partial charge in [-0.1, -0.05) is 6.07 Å². The fourth-order valence-electron chi connectivity index (χ4n) is 2.18. The van der Waals surface area contributed by atoms with Crippen LogP contribution in [-0.2, 0) is 9.84 Å². The lowest BCUT2D eigenvalue weighted by atomic mass is 10.2. The summed E-state index contributed by atoms with van der Waals surface area (Å²) in [5.74, 6) is 0.597. The van der Waals surface area contributed by atoms with Crippen molar-refractivity contribution in [1.82, 2.24) is 9.97 Å². The minimum atomic E-state index is -3.70. The summed E-state index contributed by atoms with van der Waals surface area (Å²) in [4.78, 5) is 8.72. The number of hydrogen-bond acceptors (Lipinski definition) is 5. The number of methoxy groups -OCH3 is 1. The van der Waals surface area contributed by atoms with Crippen molar-refractivity contribution in [3.05, 3.63) is 67.0 Å². The Kier molecular flexibility index (Phi) is 4.08. The second-order valence-corrected chi connectivity index (χ2v) is 6.66. The van der Waals surface area contributed by atoms with Gasteiger partial charge >= 0.3 is 0 Å². The molecule has 1 aromatic carbocycles. The number of ether oxygens (including phenoxy) is 1. The van der Waals surface area contributed by atoms with Gasteiger partial charge in [-0.2, -0.15) is 0 Å². The molecule has 0 radical (unpaired) electrons. The quantitative estimate of drug-likeness (QED) is 0.737. The predicted molar refractivity (Wildman–Crippen MR) is 85.9 cm³/mol. The van der Waals surface area contributed by atoms with Gasteiger partial charge in [0.05, 0.1) is 22.6 Å². The maximum atomic E-state index is 12.9. The molecule has 0 amide bonds. The first-order valence-corrected chi connectivity index (χ1v) is 8.37. The first kappa shape index (κ1) is 15.2. The highest BCUT2D eigenvalue weighted by Crippen LogP contribution is 2.29. The summed E-state index contributed by atoms with van der Waals surface area (Å²) in [6.45, 7) is 0. The molecular formula is C17H14N2O3S. The second kappa shape index (κ2) is 6.18. The molecule has 3 aromatic rings. The van der Waals surface area contributed by atoms with Crippen LogP contribution in [-0.4, -0.2) is 25.5 Å². The fourth-order valence-corrected chi connectivity index (χ4v) is 3.60. The van der Waals surface area contributed by atoms with Crippen molar-refractivity contribution in [3.63, 3.8) is 0 Å². The third-order valence-electron chi connectivity index (χ3n) is 3.34. The van der Waals surface area contributed by atoms with E-state index in [0.717, 1.165) is 0 Å². The summed E-state index contributed by atoms with van der Waals surface area (Å²) < 4.78 is 30.9. The van der Waals surface area contributed by atoms with Gasteiger partial charge in [-0.15, -0.1) is 0 Å². The predicted octanol–water partition coefficient (Wildman–Crippen LogP) is 2.99. The number of hydrogen-bond donors (Lipinski definition) is 0. The average Bonchev–Trinajstić information content (AvgIpc) is 2.62. The summed E-state index contributed by atoms with van der Waals surface area (Å²) in [7, 11) is -2.17. The van der Waals surface area contributed by atoms with Gasteiger partial charge < -0.3 is 4.74 Å². The van der Waals surface area contributed by atoms with Crippen molar-refractivity contribution < 1.29 is 13.2 Å². The Morgan fingerprint density at radius 2 is 1.61 bits per heavy atom. The zero-order valence-electron chi connectivity index (χ0n) is 12.4. The first-order chi connectivity index (χ1) is 11.1.